The fourth-order valence-corrected chi connectivity index (χ4v) is 10.1. The molecular weight excluding hydrogens is 419 g/mol. The van der Waals surface area contributed by atoms with Crippen LogP contribution in [0.3, 0.4) is 0 Å². The number of aryl methyl sites for hydroxylation is 2. The molecule has 0 aliphatic heterocycles. The molecule has 3 aromatic carbocycles. The summed E-state index contributed by atoms with van der Waals surface area (Å²) in [7, 11) is 0. The Kier molecular flexibility index (Phi) is 5.30. The van der Waals surface area contributed by atoms with Gasteiger partial charge in [-0.25, -0.2) is 0 Å². The van der Waals surface area contributed by atoms with Gasteiger partial charge in [0.2, 0.25) is 0 Å². The molecule has 0 aromatic heterocycles. The number of hydrogen-bond acceptors (Lipinski definition) is 0. The summed E-state index contributed by atoms with van der Waals surface area (Å²) in [6.07, 6.45) is -4.41. The summed E-state index contributed by atoms with van der Waals surface area (Å²) in [6.45, 7) is 3.91. The second-order valence-electron chi connectivity index (χ2n) is 6.20. The summed E-state index contributed by atoms with van der Waals surface area (Å²) in [5.74, 6) is 0. The normalized spacial score (nSPS) is 12.2. The molecule has 0 amide bonds. The predicted molar refractivity (Wildman–Crippen MR) is 105 cm³/mol. The van der Waals surface area contributed by atoms with Crippen molar-refractivity contribution in [3.63, 3.8) is 0 Å². The Balaban J connectivity index is 2.45. The Bertz CT molecular complexity index is 943. The predicted octanol–water partition coefficient (Wildman–Crippen LogP) is 4.70. The zero-order chi connectivity index (χ0) is 18.9. The van der Waals surface area contributed by atoms with Crippen molar-refractivity contribution >= 4 is 36.5 Å². The van der Waals surface area contributed by atoms with Gasteiger partial charge in [-0.2, -0.15) is 0 Å². The molecule has 0 spiro atoms. The molecule has 0 nitrogen and oxygen atoms in total. The van der Waals surface area contributed by atoms with E-state index in [4.69, 9.17) is 0 Å². The van der Waals surface area contributed by atoms with Crippen LogP contribution in [0.25, 0.3) is 0 Å². The van der Waals surface area contributed by atoms with Crippen molar-refractivity contribution < 1.29 is 13.2 Å². The van der Waals surface area contributed by atoms with Crippen molar-refractivity contribution in [2.75, 3.05) is 0 Å². The molecule has 134 valence electrons. The van der Waals surface area contributed by atoms with Crippen LogP contribution in [0.15, 0.2) is 72.8 Å². The summed E-state index contributed by atoms with van der Waals surface area (Å²) in [6, 6.07) is 21.3. The third kappa shape index (κ3) is 3.34. The van der Waals surface area contributed by atoms with E-state index in [1.165, 1.54) is 12.1 Å². The summed E-state index contributed by atoms with van der Waals surface area (Å²) in [4.78, 5) is 0. The maximum atomic E-state index is 13.8. The second kappa shape index (κ2) is 7.19. The average molecular weight is 437 g/mol. The third-order valence-electron chi connectivity index (χ3n) is 4.46. The number of hydrogen-bond donors (Lipinski definition) is 0. The van der Waals surface area contributed by atoms with Gasteiger partial charge in [-0.05, 0) is 0 Å². The molecule has 26 heavy (non-hydrogen) atoms. The van der Waals surface area contributed by atoms with Gasteiger partial charge in [0.1, 0.15) is 0 Å². The molecule has 0 heterocycles. The third-order valence-corrected chi connectivity index (χ3v) is 11.6. The monoisotopic (exact) mass is 438 g/mol. The summed E-state index contributed by atoms with van der Waals surface area (Å²) >= 11 is 3.24. The van der Waals surface area contributed by atoms with Gasteiger partial charge in [0.25, 0.3) is 0 Å². The first-order valence-corrected chi connectivity index (χ1v) is 12.2. The molecule has 0 bridgehead atoms. The fraction of sp³-hybridized carbons (Fsp3) is 0.143. The van der Waals surface area contributed by atoms with Crippen molar-refractivity contribution in [1.29, 1.82) is 0 Å². The van der Waals surface area contributed by atoms with E-state index in [9.17, 15) is 13.2 Å². The topological polar surface area (TPSA) is 0 Å². The Morgan fingerprint density at radius 1 is 0.654 bits per heavy atom. The van der Waals surface area contributed by atoms with Crippen LogP contribution in [0.1, 0.15) is 16.7 Å². The first-order chi connectivity index (χ1) is 12.3. The fourth-order valence-electron chi connectivity index (χ4n) is 3.21. The molecule has 0 N–H and O–H groups in total. The standard InChI is InChI=1S/C21H18F3PSe/c1-15-9-3-6-12-18(15)25(26,19-13-7-4-10-16(19)2)20-14-8-5-11-17(20)21(22,23)24/h3-14H,1-2H3. The number of halogens is 3. The van der Waals surface area contributed by atoms with E-state index in [1.807, 2.05) is 62.4 Å². The first-order valence-electron chi connectivity index (χ1n) is 8.15. The van der Waals surface area contributed by atoms with Gasteiger partial charge in [-0.15, -0.1) is 0 Å². The molecule has 3 rings (SSSR count). The number of benzene rings is 3. The van der Waals surface area contributed by atoms with Crippen molar-refractivity contribution in [2.24, 2.45) is 0 Å². The van der Waals surface area contributed by atoms with E-state index in [0.717, 1.165) is 21.7 Å². The van der Waals surface area contributed by atoms with E-state index in [0.29, 0.717) is 5.30 Å². The van der Waals surface area contributed by atoms with E-state index >= 15 is 0 Å². The first kappa shape index (κ1) is 19.2. The maximum absolute atomic E-state index is 13.8. The average Bonchev–Trinajstić information content (AvgIpc) is 2.61. The molecule has 0 fully saturated rings. The van der Waals surface area contributed by atoms with E-state index < -0.39 is 17.2 Å². The summed E-state index contributed by atoms with van der Waals surface area (Å²) < 4.78 is 41.4. The Labute approximate surface area is 159 Å². The van der Waals surface area contributed by atoms with Gasteiger partial charge in [0.05, 0.1) is 0 Å². The minimum atomic E-state index is -4.41. The van der Waals surface area contributed by atoms with Gasteiger partial charge in [-0.1, -0.05) is 0 Å². The molecule has 0 aliphatic rings. The van der Waals surface area contributed by atoms with Crippen LogP contribution in [0.4, 0.5) is 13.2 Å². The minimum absolute atomic E-state index is 0.330. The van der Waals surface area contributed by atoms with Gasteiger partial charge in [-0.3, -0.25) is 0 Å². The van der Waals surface area contributed by atoms with Crippen LogP contribution in [-0.4, -0.2) is 15.1 Å². The van der Waals surface area contributed by atoms with E-state index in [1.54, 1.807) is 12.1 Å². The van der Waals surface area contributed by atoms with E-state index in [-0.39, 0.29) is 0 Å². The van der Waals surface area contributed by atoms with Gasteiger partial charge < -0.3 is 0 Å². The number of rotatable bonds is 3. The SMILES string of the molecule is Cc1ccccc1P(=[Se])(c1ccccc1C)c1ccccc1C(F)(F)F. The van der Waals surface area contributed by atoms with Crippen LogP contribution in [0.5, 0.6) is 0 Å². The molecule has 0 radical (unpaired) electrons. The summed E-state index contributed by atoms with van der Waals surface area (Å²) in [5, 5.41) is 2.20. The zero-order valence-corrected chi connectivity index (χ0v) is 17.0. The van der Waals surface area contributed by atoms with Crippen LogP contribution in [-0.2, 0) is 6.18 Å². The molecule has 0 unspecified atom stereocenters. The van der Waals surface area contributed by atoms with Crippen molar-refractivity contribution in [3.05, 3.63) is 89.5 Å². The Morgan fingerprint density at radius 2 is 1.04 bits per heavy atom. The molecule has 5 heteroatoms. The van der Waals surface area contributed by atoms with Gasteiger partial charge in [0, 0.05) is 0 Å². The van der Waals surface area contributed by atoms with E-state index in [2.05, 4.69) is 15.1 Å². The zero-order valence-electron chi connectivity index (χ0n) is 14.4. The molecule has 0 atom stereocenters. The van der Waals surface area contributed by atoms with Gasteiger partial charge in [0.15, 0.2) is 0 Å². The van der Waals surface area contributed by atoms with Crippen molar-refractivity contribution in [1.82, 2.24) is 0 Å². The Hall–Kier alpha value is -1.60. The van der Waals surface area contributed by atoms with Crippen LogP contribution >= 0.6 is 5.51 Å². The molecule has 0 aliphatic carbocycles. The molecular formula is C21H18F3PSe. The van der Waals surface area contributed by atoms with Crippen LogP contribution in [0, 0.1) is 13.8 Å². The van der Waals surface area contributed by atoms with Crippen LogP contribution in [0.2, 0.25) is 0 Å². The van der Waals surface area contributed by atoms with Crippen molar-refractivity contribution in [3.8, 4) is 0 Å². The van der Waals surface area contributed by atoms with Gasteiger partial charge >= 0.3 is 159 Å². The Morgan fingerprint density at radius 3 is 1.46 bits per heavy atom. The molecule has 0 saturated carbocycles. The van der Waals surface area contributed by atoms with Crippen molar-refractivity contribution in [2.45, 2.75) is 20.0 Å². The second-order valence-corrected chi connectivity index (χ2v) is 12.3. The number of alkyl halides is 3. The quantitative estimate of drug-likeness (QED) is 0.412. The van der Waals surface area contributed by atoms with Crippen LogP contribution < -0.4 is 15.9 Å². The summed E-state index contributed by atoms with van der Waals surface area (Å²) in [5.41, 5.74) is -1.18. The molecule has 3 aromatic rings. The molecule has 0 saturated heterocycles.